The van der Waals surface area contributed by atoms with Crippen molar-refractivity contribution in [2.24, 2.45) is 0 Å². The predicted octanol–water partition coefficient (Wildman–Crippen LogP) is 16.5. The van der Waals surface area contributed by atoms with Crippen molar-refractivity contribution in [3.8, 4) is 0 Å². The van der Waals surface area contributed by atoms with Crippen LogP contribution in [0.4, 0.5) is 0 Å². The van der Waals surface area contributed by atoms with Crippen molar-refractivity contribution in [1.82, 2.24) is 5.32 Å². The molecule has 62 heavy (non-hydrogen) atoms. The summed E-state index contributed by atoms with van der Waals surface area (Å²) in [5, 5.41) is 23.8. The molecule has 0 rings (SSSR count). The van der Waals surface area contributed by atoms with E-state index in [1.54, 1.807) is 0 Å². The van der Waals surface area contributed by atoms with E-state index < -0.39 is 18.2 Å². The van der Waals surface area contributed by atoms with Gasteiger partial charge in [0, 0.05) is 6.42 Å². The third kappa shape index (κ3) is 44.7. The van der Waals surface area contributed by atoms with E-state index in [0.717, 1.165) is 77.0 Å². The van der Waals surface area contributed by atoms with E-state index in [0.29, 0.717) is 19.3 Å². The molecule has 0 saturated heterocycles. The lowest BCUT2D eigenvalue weighted by molar-refractivity contribution is -0.151. The summed E-state index contributed by atoms with van der Waals surface area (Å²) >= 11 is 0. The van der Waals surface area contributed by atoms with Gasteiger partial charge in [0.2, 0.25) is 5.91 Å². The molecule has 0 aromatic carbocycles. The first-order valence-corrected chi connectivity index (χ1v) is 27.2. The number of amides is 1. The largest absolute Gasteiger partial charge is 0.462 e. The zero-order valence-corrected chi connectivity index (χ0v) is 41.5. The summed E-state index contributed by atoms with van der Waals surface area (Å²) in [6, 6.07) is -0.707. The van der Waals surface area contributed by atoms with E-state index in [2.05, 4.69) is 62.5 Å². The minimum absolute atomic E-state index is 0.0647. The number of allylic oxidation sites excluding steroid dienone is 6. The summed E-state index contributed by atoms with van der Waals surface area (Å²) in [6.45, 7) is 6.46. The first-order chi connectivity index (χ1) is 30.5. The van der Waals surface area contributed by atoms with Crippen LogP contribution in [0.15, 0.2) is 36.5 Å². The van der Waals surface area contributed by atoms with Gasteiger partial charge in [-0.1, -0.05) is 231 Å². The summed E-state index contributed by atoms with van der Waals surface area (Å²) in [6.07, 6.45) is 59.2. The van der Waals surface area contributed by atoms with Crippen molar-refractivity contribution < 1.29 is 24.5 Å². The maximum absolute atomic E-state index is 13.2. The molecule has 0 spiro atoms. The molecule has 0 heterocycles. The summed E-state index contributed by atoms with van der Waals surface area (Å²) in [5.74, 6) is -0.489. The minimum Gasteiger partial charge on any atom is -0.462 e. The number of hydrogen-bond acceptors (Lipinski definition) is 5. The van der Waals surface area contributed by atoms with Crippen molar-refractivity contribution in [2.75, 3.05) is 6.61 Å². The van der Waals surface area contributed by atoms with E-state index in [1.165, 1.54) is 161 Å². The van der Waals surface area contributed by atoms with Gasteiger partial charge in [0.05, 0.1) is 25.2 Å². The van der Waals surface area contributed by atoms with Crippen LogP contribution in [0.5, 0.6) is 0 Å². The highest BCUT2D eigenvalue weighted by Crippen LogP contribution is 2.18. The van der Waals surface area contributed by atoms with Gasteiger partial charge in [-0.3, -0.25) is 9.59 Å². The predicted molar refractivity (Wildman–Crippen MR) is 269 cm³/mol. The Labute approximate surface area is 385 Å². The Hall–Kier alpha value is -1.92. The Morgan fingerprint density at radius 2 is 0.823 bits per heavy atom. The van der Waals surface area contributed by atoms with Gasteiger partial charge in [0.1, 0.15) is 6.10 Å². The number of rotatable bonds is 49. The van der Waals surface area contributed by atoms with Crippen LogP contribution in [0.3, 0.4) is 0 Å². The summed E-state index contributed by atoms with van der Waals surface area (Å²) < 4.78 is 5.94. The molecule has 0 aromatic rings. The van der Waals surface area contributed by atoms with E-state index in [-0.39, 0.29) is 24.9 Å². The van der Waals surface area contributed by atoms with Crippen molar-refractivity contribution in [3.63, 3.8) is 0 Å². The highest BCUT2D eigenvalue weighted by molar-refractivity contribution is 5.77. The van der Waals surface area contributed by atoms with Crippen molar-refractivity contribution in [1.29, 1.82) is 0 Å². The molecule has 3 atom stereocenters. The molecule has 0 aliphatic rings. The molecule has 6 nitrogen and oxygen atoms in total. The molecule has 0 bridgehead atoms. The first kappa shape index (κ1) is 60.1. The van der Waals surface area contributed by atoms with E-state index in [9.17, 15) is 19.8 Å². The van der Waals surface area contributed by atoms with Gasteiger partial charge in [0.25, 0.3) is 0 Å². The van der Waals surface area contributed by atoms with Gasteiger partial charge in [-0.25, -0.2) is 0 Å². The molecular weight excluding hydrogens is 767 g/mol. The molecular formula is C56H105NO5. The van der Waals surface area contributed by atoms with Crippen molar-refractivity contribution in [2.45, 2.75) is 302 Å². The van der Waals surface area contributed by atoms with Gasteiger partial charge in [0.15, 0.2) is 0 Å². The van der Waals surface area contributed by atoms with Crippen LogP contribution in [0, 0.1) is 0 Å². The summed E-state index contributed by atoms with van der Waals surface area (Å²) in [4.78, 5) is 26.2. The van der Waals surface area contributed by atoms with E-state index >= 15 is 0 Å². The molecule has 3 N–H and O–H groups in total. The number of aliphatic hydroxyl groups is 2. The molecule has 6 heteroatoms. The Morgan fingerprint density at radius 1 is 0.468 bits per heavy atom. The van der Waals surface area contributed by atoms with Crippen LogP contribution < -0.4 is 5.32 Å². The summed E-state index contributed by atoms with van der Waals surface area (Å²) in [5.41, 5.74) is 0. The lowest BCUT2D eigenvalue weighted by Gasteiger charge is -2.24. The molecule has 3 unspecified atom stereocenters. The fourth-order valence-electron chi connectivity index (χ4n) is 8.30. The second-order valence-corrected chi connectivity index (χ2v) is 18.7. The Bertz CT molecular complexity index is 1020. The molecule has 0 saturated carbocycles. The van der Waals surface area contributed by atoms with Gasteiger partial charge in [-0.2, -0.15) is 0 Å². The standard InChI is InChI=1S/C56H105NO5/c1-4-7-10-13-16-19-22-25-26-27-28-31-34-37-40-43-46-49-56(61)62-52(47-44-41-38-35-32-29-23-20-17-14-11-8-5-2)50-55(60)57-53(51-58)54(59)48-45-42-39-36-33-30-24-21-18-15-12-9-6-3/h17,20,23,25-26,29,52-54,58-59H,4-16,18-19,21-22,24,27-28,30-51H2,1-3H3,(H,57,60)/b20-17+,26-25+,29-23+. The Morgan fingerprint density at radius 3 is 1.27 bits per heavy atom. The number of unbranched alkanes of at least 4 members (excludes halogenated alkanes) is 32. The maximum atomic E-state index is 13.2. The second-order valence-electron chi connectivity index (χ2n) is 18.7. The zero-order valence-electron chi connectivity index (χ0n) is 41.5. The lowest BCUT2D eigenvalue weighted by Crippen LogP contribution is -2.46. The number of esters is 1. The zero-order chi connectivity index (χ0) is 45.2. The molecule has 0 aromatic heterocycles. The molecule has 364 valence electrons. The third-order valence-electron chi connectivity index (χ3n) is 12.5. The number of nitrogens with one attached hydrogen (secondary N) is 1. The van der Waals surface area contributed by atoms with Gasteiger partial charge < -0.3 is 20.3 Å². The maximum Gasteiger partial charge on any atom is 0.306 e. The molecule has 0 radical (unpaired) electrons. The fourth-order valence-corrected chi connectivity index (χ4v) is 8.30. The molecule has 0 fully saturated rings. The lowest BCUT2D eigenvalue weighted by atomic mass is 10.0. The number of aliphatic hydroxyl groups excluding tert-OH is 2. The van der Waals surface area contributed by atoms with Crippen LogP contribution in [-0.2, 0) is 14.3 Å². The normalized spacial score (nSPS) is 13.4. The van der Waals surface area contributed by atoms with E-state index in [1.807, 2.05) is 0 Å². The number of ether oxygens (including phenoxy) is 1. The Kier molecular flexibility index (Phi) is 48.5. The van der Waals surface area contributed by atoms with Crippen LogP contribution in [0.25, 0.3) is 0 Å². The average molecular weight is 872 g/mol. The smallest absolute Gasteiger partial charge is 0.306 e. The average Bonchev–Trinajstić information content (AvgIpc) is 3.26. The van der Waals surface area contributed by atoms with Gasteiger partial charge in [-0.15, -0.1) is 0 Å². The van der Waals surface area contributed by atoms with Gasteiger partial charge >= 0.3 is 5.97 Å². The van der Waals surface area contributed by atoms with Crippen molar-refractivity contribution in [3.05, 3.63) is 36.5 Å². The second kappa shape index (κ2) is 50.1. The Balaban J connectivity index is 4.56. The molecule has 0 aliphatic heterocycles. The van der Waals surface area contributed by atoms with Crippen molar-refractivity contribution >= 4 is 11.9 Å². The SMILES string of the molecule is CCCCC/C=C/C=C/CCCCCCC(CC(=O)NC(CO)C(O)CCCCCCCCCCCCCCC)OC(=O)CCCCCCCCC/C=C/CCCCCCCC. The van der Waals surface area contributed by atoms with Crippen LogP contribution in [0.2, 0.25) is 0 Å². The topological polar surface area (TPSA) is 95.9 Å². The number of hydrogen-bond donors (Lipinski definition) is 3. The van der Waals surface area contributed by atoms with Gasteiger partial charge in [-0.05, 0) is 77.0 Å². The number of carbonyl (C=O) groups is 2. The highest BCUT2D eigenvalue weighted by atomic mass is 16.5. The highest BCUT2D eigenvalue weighted by Gasteiger charge is 2.24. The minimum atomic E-state index is -0.792. The fraction of sp³-hybridized carbons (Fsp3) is 0.857. The van der Waals surface area contributed by atoms with E-state index in [4.69, 9.17) is 4.74 Å². The summed E-state index contributed by atoms with van der Waals surface area (Å²) in [7, 11) is 0. The first-order valence-electron chi connectivity index (χ1n) is 27.2. The molecule has 0 aliphatic carbocycles. The third-order valence-corrected chi connectivity index (χ3v) is 12.5. The van der Waals surface area contributed by atoms with Crippen LogP contribution >= 0.6 is 0 Å². The van der Waals surface area contributed by atoms with Crippen LogP contribution in [-0.4, -0.2) is 46.9 Å². The molecule has 1 amide bonds. The number of carbonyl (C=O) groups excluding carboxylic acids is 2. The quantitative estimate of drug-likeness (QED) is 0.0245. The monoisotopic (exact) mass is 872 g/mol. The van der Waals surface area contributed by atoms with Crippen LogP contribution in [0.1, 0.15) is 284 Å².